The van der Waals surface area contributed by atoms with Gasteiger partial charge in [-0.15, -0.1) is 0 Å². The van der Waals surface area contributed by atoms with Gasteiger partial charge in [0, 0.05) is 43.2 Å². The number of carbonyl (C=O) groups is 1. The lowest BCUT2D eigenvalue weighted by molar-refractivity contribution is -0.137. The Bertz CT molecular complexity index is 1050. The van der Waals surface area contributed by atoms with Crippen molar-refractivity contribution in [1.29, 1.82) is 5.26 Å². The van der Waals surface area contributed by atoms with Crippen LogP contribution in [0, 0.1) is 29.6 Å². The summed E-state index contributed by atoms with van der Waals surface area (Å²) in [5, 5.41) is 19.1. The number of halogens is 3. The summed E-state index contributed by atoms with van der Waals surface area (Å²) in [5.74, 6) is -0.268. The molecule has 2 fully saturated rings. The van der Waals surface area contributed by atoms with Crippen molar-refractivity contribution < 1.29 is 27.5 Å². The molecule has 2 aliphatic rings. The molecule has 31 heavy (non-hydrogen) atoms. The summed E-state index contributed by atoms with van der Waals surface area (Å²) in [4.78, 5) is 20.2. The minimum Gasteiger partial charge on any atom is -0.438 e. The predicted octanol–water partition coefficient (Wildman–Crippen LogP) is 2.83. The quantitative estimate of drug-likeness (QED) is 0.799. The normalized spacial score (nSPS) is 23.5. The van der Waals surface area contributed by atoms with Crippen molar-refractivity contribution in [2.75, 3.05) is 37.7 Å². The molecule has 2 unspecified atom stereocenters. The number of amides is 1. The molecule has 2 aliphatic heterocycles. The molecule has 2 saturated heterocycles. The van der Waals surface area contributed by atoms with Crippen LogP contribution in [0.1, 0.15) is 33.8 Å². The summed E-state index contributed by atoms with van der Waals surface area (Å²) >= 11 is 0. The second kappa shape index (κ2) is 7.57. The molecule has 1 aromatic heterocycles. The van der Waals surface area contributed by atoms with E-state index in [0.717, 1.165) is 6.07 Å². The Morgan fingerprint density at radius 1 is 1.42 bits per heavy atom. The zero-order valence-corrected chi connectivity index (χ0v) is 16.8. The van der Waals surface area contributed by atoms with Gasteiger partial charge in [0.2, 0.25) is 5.76 Å². The number of piperidine rings is 1. The number of nitrogens with zero attached hydrogens (tertiary/aromatic N) is 4. The molecule has 1 amide bonds. The van der Waals surface area contributed by atoms with Crippen LogP contribution in [0.25, 0.3) is 0 Å². The van der Waals surface area contributed by atoms with Crippen molar-refractivity contribution in [3.63, 3.8) is 0 Å². The summed E-state index contributed by atoms with van der Waals surface area (Å²) < 4.78 is 45.3. The van der Waals surface area contributed by atoms with Gasteiger partial charge in [0.1, 0.15) is 0 Å². The van der Waals surface area contributed by atoms with E-state index in [0.29, 0.717) is 44.0 Å². The van der Waals surface area contributed by atoms with Gasteiger partial charge >= 0.3 is 6.18 Å². The highest BCUT2D eigenvalue weighted by molar-refractivity contribution is 5.92. The van der Waals surface area contributed by atoms with Crippen molar-refractivity contribution in [2.24, 2.45) is 11.3 Å². The molecule has 1 N–H and O–H groups in total. The largest absolute Gasteiger partial charge is 0.438 e. The second-order valence-corrected chi connectivity index (χ2v) is 8.21. The zero-order valence-electron chi connectivity index (χ0n) is 16.8. The first kappa shape index (κ1) is 21.2. The van der Waals surface area contributed by atoms with E-state index in [1.807, 2.05) is 4.90 Å². The smallest absolute Gasteiger partial charge is 0.417 e. The summed E-state index contributed by atoms with van der Waals surface area (Å²) in [6.07, 6.45) is -2.90. The summed E-state index contributed by atoms with van der Waals surface area (Å²) in [6, 6.07) is 5.28. The molecular weight excluding hydrogens is 413 g/mol. The number of oxazole rings is 1. The first-order valence-electron chi connectivity index (χ1n) is 9.85. The van der Waals surface area contributed by atoms with Crippen molar-refractivity contribution in [3.8, 4) is 6.07 Å². The third-order valence-electron chi connectivity index (χ3n) is 6.47. The van der Waals surface area contributed by atoms with Crippen molar-refractivity contribution in [1.82, 2.24) is 9.88 Å². The van der Waals surface area contributed by atoms with Gasteiger partial charge in [-0.2, -0.15) is 18.4 Å². The Kier molecular flexibility index (Phi) is 5.17. The lowest BCUT2D eigenvalue weighted by Gasteiger charge is -2.43. The van der Waals surface area contributed by atoms with E-state index in [2.05, 4.69) is 4.98 Å². The van der Waals surface area contributed by atoms with E-state index in [-0.39, 0.29) is 24.2 Å². The number of likely N-dealkylation sites (tertiary alicyclic amines) is 1. The number of nitriles is 1. The highest BCUT2D eigenvalue weighted by Crippen LogP contribution is 2.44. The molecule has 2 aromatic rings. The molecule has 0 radical (unpaired) electrons. The molecule has 0 saturated carbocycles. The topological polar surface area (TPSA) is 93.6 Å². The van der Waals surface area contributed by atoms with E-state index < -0.39 is 22.7 Å². The van der Waals surface area contributed by atoms with Gasteiger partial charge in [-0.3, -0.25) is 4.79 Å². The van der Waals surface area contributed by atoms with Crippen LogP contribution in [0.4, 0.5) is 18.9 Å². The number of hydrogen-bond donors (Lipinski definition) is 1. The van der Waals surface area contributed by atoms with Crippen LogP contribution in [-0.2, 0) is 6.18 Å². The number of rotatable bonds is 3. The number of aryl methyl sites for hydroxylation is 1. The molecule has 0 bridgehead atoms. The lowest BCUT2D eigenvalue weighted by Crippen LogP contribution is -2.49. The van der Waals surface area contributed by atoms with Crippen LogP contribution in [0.5, 0.6) is 0 Å². The fourth-order valence-electron chi connectivity index (χ4n) is 4.64. The highest BCUT2D eigenvalue weighted by atomic mass is 19.4. The molecule has 10 heteroatoms. The molecular formula is C21H21F3N4O3. The summed E-state index contributed by atoms with van der Waals surface area (Å²) in [6.45, 7) is 3.09. The number of hydrogen-bond acceptors (Lipinski definition) is 6. The van der Waals surface area contributed by atoms with E-state index in [1.54, 1.807) is 17.9 Å². The average Bonchev–Trinajstić information content (AvgIpc) is 3.35. The monoisotopic (exact) mass is 434 g/mol. The fraction of sp³-hybridized carbons (Fsp3) is 0.476. The fourth-order valence-corrected chi connectivity index (χ4v) is 4.64. The molecule has 0 spiro atoms. The van der Waals surface area contributed by atoms with Gasteiger partial charge in [-0.1, -0.05) is 0 Å². The van der Waals surface area contributed by atoms with Gasteiger partial charge in [-0.25, -0.2) is 4.98 Å². The minimum atomic E-state index is -4.63. The zero-order chi connectivity index (χ0) is 22.4. The standard InChI is InChI=1S/C21H21F3N4O3/c1-13-18(31-12-26-13)19(30)28-9-15-8-27(5-4-20(15,10-28)11-29)16-3-2-14(7-25)17(6-16)21(22,23)24/h2-3,6,12,15,29H,4-5,8-11H2,1H3. The van der Waals surface area contributed by atoms with Gasteiger partial charge < -0.3 is 19.3 Å². The van der Waals surface area contributed by atoms with Crippen LogP contribution in [0.2, 0.25) is 0 Å². The molecule has 3 heterocycles. The first-order valence-corrected chi connectivity index (χ1v) is 9.85. The van der Waals surface area contributed by atoms with Gasteiger partial charge in [-0.05, 0) is 31.5 Å². The maximum absolute atomic E-state index is 13.4. The van der Waals surface area contributed by atoms with E-state index in [4.69, 9.17) is 9.68 Å². The third-order valence-corrected chi connectivity index (χ3v) is 6.47. The molecule has 0 aliphatic carbocycles. The van der Waals surface area contributed by atoms with Gasteiger partial charge in [0.25, 0.3) is 5.91 Å². The van der Waals surface area contributed by atoms with Crippen LogP contribution < -0.4 is 4.90 Å². The highest BCUT2D eigenvalue weighted by Gasteiger charge is 2.51. The van der Waals surface area contributed by atoms with Crippen molar-refractivity contribution in [2.45, 2.75) is 19.5 Å². The summed E-state index contributed by atoms with van der Waals surface area (Å²) in [7, 11) is 0. The molecule has 1 aromatic carbocycles. The number of anilines is 1. The van der Waals surface area contributed by atoms with Crippen LogP contribution >= 0.6 is 0 Å². The van der Waals surface area contributed by atoms with Crippen LogP contribution in [-0.4, -0.2) is 53.7 Å². The minimum absolute atomic E-state index is 0.119. The SMILES string of the molecule is Cc1ncoc1C(=O)N1CC2CN(c3ccc(C#N)c(C(F)(F)F)c3)CCC2(CO)C1. The van der Waals surface area contributed by atoms with Crippen molar-refractivity contribution >= 4 is 11.6 Å². The van der Waals surface area contributed by atoms with E-state index in [9.17, 15) is 23.1 Å². The number of aromatic nitrogens is 1. The molecule has 164 valence electrons. The van der Waals surface area contributed by atoms with E-state index in [1.165, 1.54) is 18.5 Å². The summed E-state index contributed by atoms with van der Waals surface area (Å²) in [5.41, 5.74) is -1.04. The predicted molar refractivity (Wildman–Crippen MR) is 103 cm³/mol. The average molecular weight is 434 g/mol. The second-order valence-electron chi connectivity index (χ2n) is 8.21. The van der Waals surface area contributed by atoms with Crippen LogP contribution in [0.3, 0.4) is 0 Å². The number of benzene rings is 1. The Morgan fingerprint density at radius 3 is 2.81 bits per heavy atom. The first-order chi connectivity index (χ1) is 14.7. The van der Waals surface area contributed by atoms with Gasteiger partial charge in [0.05, 0.1) is 29.5 Å². The lowest BCUT2D eigenvalue weighted by atomic mass is 9.73. The third kappa shape index (κ3) is 3.63. The maximum atomic E-state index is 13.4. The van der Waals surface area contributed by atoms with Crippen LogP contribution in [0.15, 0.2) is 29.0 Å². The number of fused-ring (bicyclic) bond motifs is 1. The maximum Gasteiger partial charge on any atom is 0.417 e. The molecule has 4 rings (SSSR count). The number of aliphatic hydroxyl groups is 1. The Morgan fingerprint density at radius 2 is 2.19 bits per heavy atom. The van der Waals surface area contributed by atoms with Crippen molar-refractivity contribution in [3.05, 3.63) is 47.2 Å². The number of carbonyl (C=O) groups excluding carboxylic acids is 1. The Labute approximate surface area is 176 Å². The Balaban J connectivity index is 1.57. The Hall–Kier alpha value is -3.06. The molecule has 7 nitrogen and oxygen atoms in total. The van der Waals surface area contributed by atoms with E-state index >= 15 is 0 Å². The van der Waals surface area contributed by atoms with Gasteiger partial charge in [0.15, 0.2) is 6.39 Å². The number of alkyl halides is 3. The molecule has 2 atom stereocenters. The number of aliphatic hydroxyl groups excluding tert-OH is 1.